The van der Waals surface area contributed by atoms with Crippen molar-refractivity contribution in [2.45, 2.75) is 38.8 Å². The van der Waals surface area contributed by atoms with Gasteiger partial charge < -0.3 is 9.47 Å². The number of nitrogens with zero attached hydrogens (tertiary/aromatic N) is 4. The summed E-state index contributed by atoms with van der Waals surface area (Å²) < 4.78 is 14.2. The van der Waals surface area contributed by atoms with Crippen LogP contribution in [0.15, 0.2) is 97.2 Å². The Hall–Kier alpha value is -4.98. The van der Waals surface area contributed by atoms with Crippen LogP contribution in [0.25, 0.3) is 11.3 Å². The molecule has 1 aliphatic carbocycles. The van der Waals surface area contributed by atoms with E-state index < -0.39 is 17.5 Å². The Balaban J connectivity index is 1.62. The lowest BCUT2D eigenvalue weighted by molar-refractivity contribution is -0.144. The average molecular weight is 561 g/mol. The second kappa shape index (κ2) is 11.5. The SMILES string of the molecule is CCOC(=O)Cn1nc(C(=O)OCC)c2c1-c1cnn(C(c3ccccc3)(c3ccccc3)c3ccccc3)c1CC2. The van der Waals surface area contributed by atoms with Crippen molar-refractivity contribution in [3.8, 4) is 11.3 Å². The number of benzene rings is 3. The molecule has 6 rings (SSSR count). The van der Waals surface area contributed by atoms with Crippen LogP contribution < -0.4 is 0 Å². The normalized spacial score (nSPS) is 12.3. The highest BCUT2D eigenvalue weighted by Gasteiger charge is 2.43. The van der Waals surface area contributed by atoms with Crippen molar-refractivity contribution in [1.82, 2.24) is 19.6 Å². The van der Waals surface area contributed by atoms with Gasteiger partial charge in [-0.15, -0.1) is 0 Å². The highest BCUT2D eigenvalue weighted by Crippen LogP contribution is 2.45. The van der Waals surface area contributed by atoms with Gasteiger partial charge in [0.25, 0.3) is 0 Å². The molecule has 0 saturated carbocycles. The number of carbonyl (C=O) groups is 2. The summed E-state index contributed by atoms with van der Waals surface area (Å²) in [6, 6.07) is 31.1. The Kier molecular flexibility index (Phi) is 7.44. The molecule has 212 valence electrons. The minimum atomic E-state index is -0.787. The zero-order chi connectivity index (χ0) is 29.1. The van der Waals surface area contributed by atoms with E-state index in [1.54, 1.807) is 18.5 Å². The van der Waals surface area contributed by atoms with Crippen LogP contribution >= 0.6 is 0 Å². The van der Waals surface area contributed by atoms with Gasteiger partial charge in [0, 0.05) is 11.1 Å². The maximum atomic E-state index is 12.9. The molecule has 42 heavy (non-hydrogen) atoms. The van der Waals surface area contributed by atoms with Crippen molar-refractivity contribution in [2.24, 2.45) is 0 Å². The van der Waals surface area contributed by atoms with Crippen LogP contribution in [0.5, 0.6) is 0 Å². The molecule has 5 aromatic rings. The van der Waals surface area contributed by atoms with E-state index in [-0.39, 0.29) is 25.5 Å². The Bertz CT molecular complexity index is 1610. The first-order valence-electron chi connectivity index (χ1n) is 14.3. The molecule has 0 unspecified atom stereocenters. The number of hydrogen-bond acceptors (Lipinski definition) is 6. The molecule has 0 radical (unpaired) electrons. The van der Waals surface area contributed by atoms with Crippen molar-refractivity contribution >= 4 is 11.9 Å². The van der Waals surface area contributed by atoms with Crippen LogP contribution in [0.1, 0.15) is 52.3 Å². The summed E-state index contributed by atoms with van der Waals surface area (Å²) in [5.74, 6) is -0.927. The van der Waals surface area contributed by atoms with Gasteiger partial charge in [-0.3, -0.25) is 9.48 Å². The van der Waals surface area contributed by atoms with Gasteiger partial charge in [0.1, 0.15) is 12.1 Å². The summed E-state index contributed by atoms with van der Waals surface area (Å²) in [5, 5.41) is 9.67. The molecule has 1 aliphatic rings. The Labute approximate surface area is 244 Å². The summed E-state index contributed by atoms with van der Waals surface area (Å²) in [4.78, 5) is 25.6. The predicted octanol–water partition coefficient (Wildman–Crippen LogP) is 5.43. The summed E-state index contributed by atoms with van der Waals surface area (Å²) in [6.07, 6.45) is 2.99. The van der Waals surface area contributed by atoms with E-state index in [1.807, 2.05) is 60.8 Å². The fraction of sp³-hybridized carbons (Fsp3) is 0.235. The van der Waals surface area contributed by atoms with Gasteiger partial charge >= 0.3 is 11.9 Å². The Morgan fingerprint density at radius 1 is 0.786 bits per heavy atom. The highest BCUT2D eigenvalue weighted by molar-refractivity contribution is 5.92. The minimum Gasteiger partial charge on any atom is -0.465 e. The third-order valence-corrected chi connectivity index (χ3v) is 7.73. The van der Waals surface area contributed by atoms with Gasteiger partial charge in [-0.05, 0) is 43.4 Å². The molecule has 0 fully saturated rings. The van der Waals surface area contributed by atoms with E-state index in [2.05, 4.69) is 46.2 Å². The van der Waals surface area contributed by atoms with Crippen LogP contribution in [-0.4, -0.2) is 44.7 Å². The smallest absolute Gasteiger partial charge is 0.359 e. The molecule has 0 bridgehead atoms. The van der Waals surface area contributed by atoms with Crippen LogP contribution in [0.2, 0.25) is 0 Å². The zero-order valence-corrected chi connectivity index (χ0v) is 23.7. The predicted molar refractivity (Wildman–Crippen MR) is 158 cm³/mol. The second-order valence-electron chi connectivity index (χ2n) is 10.1. The second-order valence-corrected chi connectivity index (χ2v) is 10.1. The van der Waals surface area contributed by atoms with Crippen molar-refractivity contribution in [2.75, 3.05) is 13.2 Å². The van der Waals surface area contributed by atoms with Gasteiger partial charge in [0.05, 0.1) is 30.8 Å². The van der Waals surface area contributed by atoms with Gasteiger partial charge in [-0.2, -0.15) is 10.2 Å². The maximum Gasteiger partial charge on any atom is 0.359 e. The lowest BCUT2D eigenvalue weighted by Crippen LogP contribution is -2.40. The van der Waals surface area contributed by atoms with Crippen molar-refractivity contribution in [3.63, 3.8) is 0 Å². The lowest BCUT2D eigenvalue weighted by atomic mass is 9.76. The number of carbonyl (C=O) groups excluding carboxylic acids is 2. The Morgan fingerprint density at radius 3 is 1.86 bits per heavy atom. The molecule has 0 N–H and O–H groups in total. The van der Waals surface area contributed by atoms with E-state index in [0.29, 0.717) is 18.5 Å². The first-order chi connectivity index (χ1) is 20.6. The van der Waals surface area contributed by atoms with Crippen molar-refractivity contribution in [1.29, 1.82) is 0 Å². The molecule has 0 saturated heterocycles. The average Bonchev–Trinajstić information content (AvgIpc) is 3.62. The first kappa shape index (κ1) is 27.2. The fourth-order valence-electron chi connectivity index (χ4n) is 6.09. The number of ether oxygens (including phenoxy) is 2. The number of rotatable bonds is 9. The van der Waals surface area contributed by atoms with Gasteiger partial charge in [-0.25, -0.2) is 9.48 Å². The topological polar surface area (TPSA) is 88.2 Å². The summed E-state index contributed by atoms with van der Waals surface area (Å²) in [7, 11) is 0. The standard InChI is InChI=1S/C34H32N4O4/c1-3-41-30(39)23-37-32-27(31(36-37)33(40)42-4-2)20-21-29-28(32)22-35-38(29)34(24-14-8-5-9-15-24,25-16-10-6-11-17-25)26-18-12-7-13-19-26/h5-19,22H,3-4,20-21,23H2,1-2H3. The molecule has 3 aromatic carbocycles. The van der Waals surface area contributed by atoms with E-state index >= 15 is 0 Å². The molecule has 0 spiro atoms. The largest absolute Gasteiger partial charge is 0.465 e. The summed E-state index contributed by atoms with van der Waals surface area (Å²) in [5.41, 5.74) is 5.90. The van der Waals surface area contributed by atoms with E-state index in [1.165, 1.54) is 0 Å². The van der Waals surface area contributed by atoms with Crippen molar-refractivity contribution < 1.29 is 19.1 Å². The van der Waals surface area contributed by atoms with Gasteiger partial charge in [0.15, 0.2) is 5.69 Å². The van der Waals surface area contributed by atoms with Crippen LogP contribution in [-0.2, 0) is 39.2 Å². The third-order valence-electron chi connectivity index (χ3n) is 7.73. The van der Waals surface area contributed by atoms with Crippen LogP contribution in [0.3, 0.4) is 0 Å². The number of aromatic nitrogens is 4. The van der Waals surface area contributed by atoms with Crippen molar-refractivity contribution in [3.05, 3.63) is 131 Å². The number of fused-ring (bicyclic) bond motifs is 3. The molecule has 0 amide bonds. The van der Waals surface area contributed by atoms with Gasteiger partial charge in [0.2, 0.25) is 0 Å². The molecule has 2 aromatic heterocycles. The van der Waals surface area contributed by atoms with E-state index in [9.17, 15) is 9.59 Å². The number of hydrogen-bond donors (Lipinski definition) is 0. The molecule has 8 nitrogen and oxygen atoms in total. The molecular formula is C34H32N4O4. The molecule has 8 heteroatoms. The Morgan fingerprint density at radius 2 is 1.33 bits per heavy atom. The summed E-state index contributed by atoms with van der Waals surface area (Å²) >= 11 is 0. The quantitative estimate of drug-likeness (QED) is 0.177. The molecule has 0 atom stereocenters. The monoisotopic (exact) mass is 560 g/mol. The highest BCUT2D eigenvalue weighted by atomic mass is 16.5. The van der Waals surface area contributed by atoms with Crippen LogP contribution in [0.4, 0.5) is 0 Å². The molecule has 2 heterocycles. The summed E-state index contributed by atoms with van der Waals surface area (Å²) in [6.45, 7) is 3.89. The first-order valence-corrected chi connectivity index (χ1v) is 14.3. The van der Waals surface area contributed by atoms with E-state index in [0.717, 1.165) is 33.5 Å². The maximum absolute atomic E-state index is 12.9. The molecular weight excluding hydrogens is 528 g/mol. The van der Waals surface area contributed by atoms with E-state index in [4.69, 9.17) is 14.6 Å². The van der Waals surface area contributed by atoms with Crippen LogP contribution in [0, 0.1) is 0 Å². The molecule has 0 aliphatic heterocycles. The minimum absolute atomic E-state index is 0.124. The lowest BCUT2D eigenvalue weighted by Gasteiger charge is -2.38. The zero-order valence-electron chi connectivity index (χ0n) is 23.7. The van der Waals surface area contributed by atoms with Gasteiger partial charge in [-0.1, -0.05) is 91.0 Å². The fourth-order valence-corrected chi connectivity index (χ4v) is 6.09. The third kappa shape index (κ3) is 4.49. The number of esters is 2.